The van der Waals surface area contributed by atoms with Gasteiger partial charge in [0, 0.05) is 25.0 Å². The zero-order valence-electron chi connectivity index (χ0n) is 12.6. The van der Waals surface area contributed by atoms with Gasteiger partial charge in [0.25, 0.3) is 0 Å². The molecule has 1 aromatic heterocycles. The van der Waals surface area contributed by atoms with Crippen molar-refractivity contribution >= 4 is 5.69 Å². The third-order valence-corrected chi connectivity index (χ3v) is 4.38. The Morgan fingerprint density at radius 2 is 1.77 bits per heavy atom. The molecule has 5 nitrogen and oxygen atoms in total. The van der Waals surface area contributed by atoms with E-state index in [0.717, 1.165) is 54.6 Å². The Morgan fingerprint density at radius 1 is 1.09 bits per heavy atom. The quantitative estimate of drug-likeness (QED) is 0.646. The summed E-state index contributed by atoms with van der Waals surface area (Å²) < 4.78 is 1.90. The summed E-state index contributed by atoms with van der Waals surface area (Å²) in [6, 6.07) is 4.40. The van der Waals surface area contributed by atoms with Crippen molar-refractivity contribution in [3.8, 4) is 23.5 Å². The number of nitrogens with two attached hydrogens (primary N) is 1. The van der Waals surface area contributed by atoms with E-state index in [9.17, 15) is 10.5 Å². The van der Waals surface area contributed by atoms with E-state index in [1.807, 2.05) is 17.8 Å². The second-order valence-corrected chi connectivity index (χ2v) is 5.64. The van der Waals surface area contributed by atoms with Crippen LogP contribution >= 0.6 is 0 Å². The monoisotopic (exact) mass is 291 g/mol. The van der Waals surface area contributed by atoms with Crippen LogP contribution in [0.1, 0.15) is 41.5 Å². The molecule has 0 aliphatic heterocycles. The van der Waals surface area contributed by atoms with Crippen LogP contribution in [0.2, 0.25) is 0 Å². The minimum absolute atomic E-state index is 0.295. The van der Waals surface area contributed by atoms with Crippen molar-refractivity contribution in [1.82, 2.24) is 9.55 Å². The van der Waals surface area contributed by atoms with E-state index < -0.39 is 0 Å². The first kappa shape index (κ1) is 14.2. The Kier molecular flexibility index (Phi) is 3.56. The van der Waals surface area contributed by atoms with Crippen LogP contribution in [-0.4, -0.2) is 9.55 Å². The summed E-state index contributed by atoms with van der Waals surface area (Å²) in [4.78, 5) is 4.40. The zero-order valence-corrected chi connectivity index (χ0v) is 12.6. The Morgan fingerprint density at radius 3 is 2.36 bits per heavy atom. The fraction of sp³-hybridized carbons (Fsp3) is 0.353. The third-order valence-electron chi connectivity index (χ3n) is 4.38. The van der Waals surface area contributed by atoms with Crippen molar-refractivity contribution < 1.29 is 0 Å². The molecular formula is C17H17N5. The fourth-order valence-electron chi connectivity index (χ4n) is 3.30. The Bertz CT molecular complexity index is 817. The van der Waals surface area contributed by atoms with Gasteiger partial charge in [-0.15, -0.1) is 0 Å². The van der Waals surface area contributed by atoms with Crippen LogP contribution in [0.4, 0.5) is 5.69 Å². The largest absolute Gasteiger partial charge is 0.397 e. The van der Waals surface area contributed by atoms with Crippen LogP contribution in [-0.2, 0) is 19.9 Å². The van der Waals surface area contributed by atoms with Gasteiger partial charge in [0.1, 0.15) is 18.0 Å². The van der Waals surface area contributed by atoms with Gasteiger partial charge in [-0.05, 0) is 36.8 Å². The highest BCUT2D eigenvalue weighted by atomic mass is 15.0. The van der Waals surface area contributed by atoms with Gasteiger partial charge in [0.2, 0.25) is 0 Å². The molecule has 2 aromatic rings. The van der Waals surface area contributed by atoms with Crippen molar-refractivity contribution in [2.24, 2.45) is 7.05 Å². The van der Waals surface area contributed by atoms with Crippen molar-refractivity contribution in [3.63, 3.8) is 0 Å². The smallest absolute Gasteiger partial charge is 0.141 e. The van der Waals surface area contributed by atoms with Crippen LogP contribution in [0.25, 0.3) is 11.4 Å². The molecule has 0 radical (unpaired) electrons. The van der Waals surface area contributed by atoms with Crippen molar-refractivity contribution in [2.75, 3.05) is 5.73 Å². The van der Waals surface area contributed by atoms with E-state index in [2.05, 4.69) is 17.1 Å². The minimum atomic E-state index is 0.295. The number of hydrogen-bond acceptors (Lipinski definition) is 4. The van der Waals surface area contributed by atoms with E-state index >= 15 is 0 Å². The molecule has 1 aromatic carbocycles. The third kappa shape index (κ3) is 2.03. The number of hydrogen-bond donors (Lipinski definition) is 1. The van der Waals surface area contributed by atoms with E-state index in [4.69, 9.17) is 5.73 Å². The summed E-state index contributed by atoms with van der Waals surface area (Å²) in [7, 11) is 1.90. The van der Waals surface area contributed by atoms with Gasteiger partial charge < -0.3 is 10.3 Å². The molecule has 0 unspecified atom stereocenters. The molecule has 2 N–H and O–H groups in total. The van der Waals surface area contributed by atoms with Gasteiger partial charge in [-0.25, -0.2) is 4.98 Å². The average Bonchev–Trinajstić information content (AvgIpc) is 2.79. The number of rotatable bonds is 1. The molecule has 0 atom stereocenters. The van der Waals surface area contributed by atoms with Crippen LogP contribution in [0, 0.1) is 22.7 Å². The second kappa shape index (κ2) is 5.54. The molecule has 0 saturated heterocycles. The van der Waals surface area contributed by atoms with E-state index in [0.29, 0.717) is 16.8 Å². The van der Waals surface area contributed by atoms with Gasteiger partial charge in [0.05, 0.1) is 16.8 Å². The summed E-state index contributed by atoms with van der Waals surface area (Å²) in [5, 5.41) is 19.1. The minimum Gasteiger partial charge on any atom is -0.397 e. The van der Waals surface area contributed by atoms with E-state index in [1.165, 1.54) is 0 Å². The second-order valence-electron chi connectivity index (χ2n) is 5.64. The highest BCUT2D eigenvalue weighted by Crippen LogP contribution is 2.38. The Balaban J connectivity index is 2.43. The molecule has 3 rings (SSSR count). The van der Waals surface area contributed by atoms with Gasteiger partial charge >= 0.3 is 0 Å². The molecule has 5 heteroatoms. The summed E-state index contributed by atoms with van der Waals surface area (Å²) in [5.74, 6) is 0.742. The summed E-state index contributed by atoms with van der Waals surface area (Å²) in [5.41, 5.74) is 10.2. The number of anilines is 1. The molecule has 0 spiro atoms. The Hall–Kier alpha value is -2.79. The molecule has 0 saturated carbocycles. The number of nitrogens with zero attached hydrogens (tertiary/aromatic N) is 4. The lowest BCUT2D eigenvalue weighted by Gasteiger charge is -2.18. The maximum atomic E-state index is 9.60. The van der Waals surface area contributed by atoms with Crippen LogP contribution < -0.4 is 5.73 Å². The average molecular weight is 291 g/mol. The molecule has 110 valence electrons. The van der Waals surface area contributed by atoms with Crippen LogP contribution in [0.3, 0.4) is 0 Å². The van der Waals surface area contributed by atoms with Crippen molar-refractivity contribution in [1.29, 1.82) is 10.5 Å². The van der Waals surface area contributed by atoms with E-state index in [-0.39, 0.29) is 0 Å². The van der Waals surface area contributed by atoms with Crippen molar-refractivity contribution in [2.45, 2.75) is 32.1 Å². The lowest BCUT2D eigenvalue weighted by molar-refractivity contribution is 0.711. The van der Waals surface area contributed by atoms with E-state index in [1.54, 1.807) is 6.20 Å². The number of fused-ring (bicyclic) bond motifs is 1. The van der Waals surface area contributed by atoms with Gasteiger partial charge in [-0.2, -0.15) is 10.5 Å². The first-order chi connectivity index (χ1) is 10.7. The molecule has 1 aliphatic rings. The summed E-state index contributed by atoms with van der Waals surface area (Å²) >= 11 is 0. The number of nitrogen functional groups attached to an aromatic ring is 1. The molecular weight excluding hydrogens is 274 g/mol. The van der Waals surface area contributed by atoms with Crippen molar-refractivity contribution in [3.05, 3.63) is 34.6 Å². The maximum absolute atomic E-state index is 9.60. The predicted molar refractivity (Wildman–Crippen MR) is 83.7 cm³/mol. The molecule has 1 aliphatic carbocycles. The van der Waals surface area contributed by atoms with Gasteiger partial charge in [-0.3, -0.25) is 0 Å². The molecule has 0 bridgehead atoms. The lowest BCUT2D eigenvalue weighted by Crippen LogP contribution is -2.09. The zero-order chi connectivity index (χ0) is 15.7. The first-order valence-electron chi connectivity index (χ1n) is 7.44. The topological polar surface area (TPSA) is 91.4 Å². The fourth-order valence-corrected chi connectivity index (χ4v) is 3.30. The van der Waals surface area contributed by atoms with Gasteiger partial charge in [-0.1, -0.05) is 6.42 Å². The highest BCUT2D eigenvalue weighted by Gasteiger charge is 2.26. The molecule has 22 heavy (non-hydrogen) atoms. The Labute approximate surface area is 129 Å². The molecule has 0 fully saturated rings. The molecule has 1 heterocycles. The predicted octanol–water partition coefficient (Wildman–Crippen LogP) is 2.68. The summed E-state index contributed by atoms with van der Waals surface area (Å²) in [6.07, 6.45) is 8.51. The van der Waals surface area contributed by atoms with Gasteiger partial charge in [0.15, 0.2) is 0 Å². The molecule has 0 amide bonds. The SMILES string of the molecule is Cn1ccnc1-c1c(C#N)c(N)c(C#N)c2c1CCCCC2. The maximum Gasteiger partial charge on any atom is 0.141 e. The number of aryl methyl sites for hydroxylation is 1. The normalized spacial score (nSPS) is 13.8. The first-order valence-corrected chi connectivity index (χ1v) is 7.44. The summed E-state index contributed by atoms with van der Waals surface area (Å²) in [6.45, 7) is 0. The number of imidazole rings is 1. The number of nitriles is 2. The number of aromatic nitrogens is 2. The highest BCUT2D eigenvalue weighted by molar-refractivity contribution is 5.82. The number of benzene rings is 1. The standard InChI is InChI=1S/C17H17N5/c1-22-8-7-21-17(22)15-12-6-4-2-3-5-11(12)13(9-18)16(20)14(15)10-19/h7-8H,2-6,20H2,1H3. The van der Waals surface area contributed by atoms with Crippen LogP contribution in [0.15, 0.2) is 12.4 Å². The van der Waals surface area contributed by atoms with Crippen LogP contribution in [0.5, 0.6) is 0 Å². The lowest BCUT2D eigenvalue weighted by atomic mass is 9.87.